The van der Waals surface area contributed by atoms with Gasteiger partial charge in [-0.3, -0.25) is 9.59 Å². The number of aldehydes is 1. The number of rotatable bonds is 3. The predicted octanol–water partition coefficient (Wildman–Crippen LogP) is 0.833. The summed E-state index contributed by atoms with van der Waals surface area (Å²) in [5.74, 6) is -0.0445. The standard InChI is InChI=1S/C9H9NO3/c1-13-8-4-2-3-7(5-8)10-9(12)6-11/h2-6H,1H3,(H,10,12). The average molecular weight is 179 g/mol. The molecule has 1 amide bonds. The number of ether oxygens (including phenoxy) is 1. The van der Waals surface area contributed by atoms with Gasteiger partial charge in [0.1, 0.15) is 5.75 Å². The van der Waals surface area contributed by atoms with E-state index in [2.05, 4.69) is 5.32 Å². The molecule has 4 heteroatoms. The van der Waals surface area contributed by atoms with Crippen molar-refractivity contribution in [1.29, 1.82) is 0 Å². The van der Waals surface area contributed by atoms with Crippen LogP contribution >= 0.6 is 0 Å². The van der Waals surface area contributed by atoms with Crippen LogP contribution < -0.4 is 10.1 Å². The molecule has 1 aromatic carbocycles. The Morgan fingerprint density at radius 1 is 1.54 bits per heavy atom. The fourth-order valence-electron chi connectivity index (χ4n) is 0.873. The molecule has 1 aromatic rings. The highest BCUT2D eigenvalue weighted by atomic mass is 16.5. The maximum absolute atomic E-state index is 10.7. The molecule has 1 rings (SSSR count). The van der Waals surface area contributed by atoms with Gasteiger partial charge in [-0.05, 0) is 12.1 Å². The van der Waals surface area contributed by atoms with Crippen molar-refractivity contribution in [2.75, 3.05) is 12.4 Å². The molecule has 0 atom stereocenters. The number of hydrogen-bond acceptors (Lipinski definition) is 3. The zero-order valence-electron chi connectivity index (χ0n) is 7.11. The molecule has 13 heavy (non-hydrogen) atoms. The monoisotopic (exact) mass is 179 g/mol. The minimum atomic E-state index is -0.673. The van der Waals surface area contributed by atoms with Gasteiger partial charge in [0.25, 0.3) is 5.91 Å². The van der Waals surface area contributed by atoms with Crippen LogP contribution in [0, 0.1) is 0 Å². The summed E-state index contributed by atoms with van der Waals surface area (Å²) in [6.45, 7) is 0. The molecular weight excluding hydrogens is 170 g/mol. The zero-order valence-corrected chi connectivity index (χ0v) is 7.11. The lowest BCUT2D eigenvalue weighted by molar-refractivity contribution is -0.127. The van der Waals surface area contributed by atoms with Crippen LogP contribution in [0.5, 0.6) is 5.75 Å². The van der Waals surface area contributed by atoms with Crippen molar-refractivity contribution >= 4 is 17.9 Å². The Hall–Kier alpha value is -1.84. The Labute approximate surface area is 75.5 Å². The number of hydrogen-bond donors (Lipinski definition) is 1. The third-order valence-corrected chi connectivity index (χ3v) is 1.44. The van der Waals surface area contributed by atoms with E-state index >= 15 is 0 Å². The van der Waals surface area contributed by atoms with E-state index in [1.807, 2.05) is 0 Å². The molecule has 0 aliphatic heterocycles. The number of amides is 1. The molecule has 0 saturated heterocycles. The normalized spacial score (nSPS) is 9.00. The number of benzene rings is 1. The summed E-state index contributed by atoms with van der Waals surface area (Å²) in [7, 11) is 1.53. The summed E-state index contributed by atoms with van der Waals surface area (Å²) in [4.78, 5) is 20.7. The second-order valence-corrected chi connectivity index (χ2v) is 2.34. The Morgan fingerprint density at radius 2 is 2.31 bits per heavy atom. The molecule has 0 aliphatic rings. The van der Waals surface area contributed by atoms with Crippen molar-refractivity contribution in [2.24, 2.45) is 0 Å². The first-order chi connectivity index (χ1) is 6.26. The van der Waals surface area contributed by atoms with Crippen LogP contribution in [0.4, 0.5) is 5.69 Å². The van der Waals surface area contributed by atoms with E-state index < -0.39 is 5.91 Å². The maximum Gasteiger partial charge on any atom is 0.288 e. The van der Waals surface area contributed by atoms with Crippen molar-refractivity contribution in [2.45, 2.75) is 0 Å². The summed E-state index contributed by atoms with van der Waals surface area (Å²) in [5.41, 5.74) is 0.538. The molecule has 0 unspecified atom stereocenters. The molecule has 0 saturated carbocycles. The molecule has 0 heterocycles. The molecule has 0 radical (unpaired) electrons. The summed E-state index contributed by atoms with van der Waals surface area (Å²) >= 11 is 0. The Balaban J connectivity index is 2.77. The minimum Gasteiger partial charge on any atom is -0.497 e. The largest absolute Gasteiger partial charge is 0.497 e. The Kier molecular flexibility index (Phi) is 3.03. The summed E-state index contributed by atoms with van der Waals surface area (Å²) < 4.78 is 4.93. The molecule has 68 valence electrons. The van der Waals surface area contributed by atoms with Crippen LogP contribution in [0.3, 0.4) is 0 Å². The van der Waals surface area contributed by atoms with Crippen LogP contribution in [0.2, 0.25) is 0 Å². The van der Waals surface area contributed by atoms with Gasteiger partial charge in [0.05, 0.1) is 7.11 Å². The Bertz CT molecular complexity index is 322. The van der Waals surface area contributed by atoms with Crippen molar-refractivity contribution in [1.82, 2.24) is 0 Å². The highest BCUT2D eigenvalue weighted by Crippen LogP contribution is 2.16. The van der Waals surface area contributed by atoms with Crippen LogP contribution in [0.25, 0.3) is 0 Å². The third kappa shape index (κ3) is 2.59. The second-order valence-electron chi connectivity index (χ2n) is 2.34. The second kappa shape index (κ2) is 4.25. The number of methoxy groups -OCH3 is 1. The quantitative estimate of drug-likeness (QED) is 0.552. The molecule has 0 fully saturated rings. The van der Waals surface area contributed by atoms with E-state index in [9.17, 15) is 9.59 Å². The lowest BCUT2D eigenvalue weighted by atomic mass is 10.3. The van der Waals surface area contributed by atoms with Crippen LogP contribution in [-0.2, 0) is 9.59 Å². The highest BCUT2D eigenvalue weighted by molar-refractivity contribution is 6.29. The summed E-state index contributed by atoms with van der Waals surface area (Å²) in [6, 6.07) is 6.77. The van der Waals surface area contributed by atoms with Crippen molar-refractivity contribution in [3.05, 3.63) is 24.3 Å². The topological polar surface area (TPSA) is 55.4 Å². The van der Waals surface area contributed by atoms with E-state index in [1.165, 1.54) is 7.11 Å². The van der Waals surface area contributed by atoms with E-state index in [0.717, 1.165) is 0 Å². The van der Waals surface area contributed by atoms with Crippen molar-refractivity contribution in [3.63, 3.8) is 0 Å². The van der Waals surface area contributed by atoms with Crippen LogP contribution in [-0.4, -0.2) is 19.3 Å². The van der Waals surface area contributed by atoms with E-state index in [4.69, 9.17) is 4.74 Å². The maximum atomic E-state index is 10.7. The fourth-order valence-corrected chi connectivity index (χ4v) is 0.873. The van der Waals surface area contributed by atoms with E-state index in [-0.39, 0.29) is 6.29 Å². The molecule has 0 aliphatic carbocycles. The minimum absolute atomic E-state index is 0.222. The van der Waals surface area contributed by atoms with Gasteiger partial charge in [-0.1, -0.05) is 6.07 Å². The smallest absolute Gasteiger partial charge is 0.288 e. The zero-order chi connectivity index (χ0) is 9.68. The first-order valence-electron chi connectivity index (χ1n) is 3.66. The van der Waals surface area contributed by atoms with E-state index in [0.29, 0.717) is 11.4 Å². The third-order valence-electron chi connectivity index (χ3n) is 1.44. The van der Waals surface area contributed by atoms with Gasteiger partial charge in [-0.25, -0.2) is 0 Å². The van der Waals surface area contributed by atoms with Crippen LogP contribution in [0.1, 0.15) is 0 Å². The molecular formula is C9H9NO3. The van der Waals surface area contributed by atoms with Gasteiger partial charge < -0.3 is 10.1 Å². The SMILES string of the molecule is COc1cccc(NC(=O)C=O)c1. The van der Waals surface area contributed by atoms with Gasteiger partial charge in [-0.15, -0.1) is 0 Å². The number of nitrogens with one attached hydrogen (secondary N) is 1. The van der Waals surface area contributed by atoms with Gasteiger partial charge in [-0.2, -0.15) is 0 Å². The molecule has 1 N–H and O–H groups in total. The van der Waals surface area contributed by atoms with E-state index in [1.54, 1.807) is 24.3 Å². The predicted molar refractivity (Wildman–Crippen MR) is 47.7 cm³/mol. The van der Waals surface area contributed by atoms with Gasteiger partial charge in [0.15, 0.2) is 0 Å². The summed E-state index contributed by atoms with van der Waals surface area (Å²) in [5, 5.41) is 2.38. The lowest BCUT2D eigenvalue weighted by Crippen LogP contribution is -2.11. The van der Waals surface area contributed by atoms with Gasteiger partial charge in [0.2, 0.25) is 6.29 Å². The number of carbonyl (C=O) groups excluding carboxylic acids is 2. The van der Waals surface area contributed by atoms with Crippen molar-refractivity contribution < 1.29 is 14.3 Å². The van der Waals surface area contributed by atoms with Gasteiger partial charge >= 0.3 is 0 Å². The lowest BCUT2D eigenvalue weighted by Gasteiger charge is -2.03. The molecule has 4 nitrogen and oxygen atoms in total. The van der Waals surface area contributed by atoms with Crippen molar-refractivity contribution in [3.8, 4) is 5.75 Å². The number of anilines is 1. The Morgan fingerprint density at radius 3 is 2.92 bits per heavy atom. The summed E-state index contributed by atoms with van der Waals surface area (Å²) in [6.07, 6.45) is 0.222. The first-order valence-corrected chi connectivity index (χ1v) is 3.66. The van der Waals surface area contributed by atoms with Gasteiger partial charge in [0, 0.05) is 11.8 Å². The van der Waals surface area contributed by atoms with Crippen LogP contribution in [0.15, 0.2) is 24.3 Å². The molecule has 0 spiro atoms. The fraction of sp³-hybridized carbons (Fsp3) is 0.111. The first kappa shape index (κ1) is 9.25. The number of carbonyl (C=O) groups is 2. The average Bonchev–Trinajstić information content (AvgIpc) is 2.18. The highest BCUT2D eigenvalue weighted by Gasteiger charge is 1.99. The molecule has 0 aromatic heterocycles. The molecule has 0 bridgehead atoms.